The number of anilines is 1. The van der Waals surface area contributed by atoms with E-state index < -0.39 is 0 Å². The molecule has 1 aliphatic heterocycles. The van der Waals surface area contributed by atoms with Crippen LogP contribution in [0.4, 0.5) is 5.69 Å². The summed E-state index contributed by atoms with van der Waals surface area (Å²) in [5.41, 5.74) is 3.25. The molecular weight excluding hydrogens is 316 g/mol. The van der Waals surface area contributed by atoms with Crippen molar-refractivity contribution < 1.29 is 4.79 Å². The van der Waals surface area contributed by atoms with Gasteiger partial charge in [0.2, 0.25) is 5.91 Å². The van der Waals surface area contributed by atoms with Crippen LogP contribution >= 0.6 is 11.3 Å². The molecular formula is C20H18N2OS. The number of thiophene rings is 1. The van der Waals surface area contributed by atoms with E-state index >= 15 is 0 Å². The first-order valence-electron chi connectivity index (χ1n) is 8.04. The topological polar surface area (TPSA) is 41.1 Å². The van der Waals surface area contributed by atoms with Crippen LogP contribution in [0.3, 0.4) is 0 Å². The molecule has 2 atom stereocenters. The van der Waals surface area contributed by atoms with Crippen molar-refractivity contribution in [3.05, 3.63) is 88.1 Å². The summed E-state index contributed by atoms with van der Waals surface area (Å²) in [5.74, 6) is 0.0249. The zero-order chi connectivity index (χ0) is 16.4. The van der Waals surface area contributed by atoms with E-state index in [1.807, 2.05) is 47.8 Å². The summed E-state index contributed by atoms with van der Waals surface area (Å²) in [4.78, 5) is 13.8. The molecule has 3 nitrogen and oxygen atoms in total. The van der Waals surface area contributed by atoms with Gasteiger partial charge in [-0.2, -0.15) is 0 Å². The number of rotatable bonds is 3. The highest BCUT2D eigenvalue weighted by Gasteiger charge is 2.30. The minimum Gasteiger partial charge on any atom is -0.324 e. The lowest BCUT2D eigenvalue weighted by molar-refractivity contribution is -0.118. The Bertz CT molecular complexity index is 829. The van der Waals surface area contributed by atoms with E-state index in [1.165, 1.54) is 5.56 Å². The first-order chi connectivity index (χ1) is 11.8. The van der Waals surface area contributed by atoms with Crippen molar-refractivity contribution in [2.75, 3.05) is 5.32 Å². The number of hydrogen-bond donors (Lipinski definition) is 2. The van der Waals surface area contributed by atoms with E-state index in [2.05, 4.69) is 34.9 Å². The highest BCUT2D eigenvalue weighted by atomic mass is 32.1. The molecule has 120 valence electrons. The molecule has 0 spiro atoms. The second kappa shape index (κ2) is 6.59. The molecule has 0 saturated carbocycles. The van der Waals surface area contributed by atoms with E-state index in [4.69, 9.17) is 0 Å². The van der Waals surface area contributed by atoms with Crippen LogP contribution in [-0.2, 0) is 11.2 Å². The fourth-order valence-electron chi connectivity index (χ4n) is 3.11. The first kappa shape index (κ1) is 15.1. The van der Waals surface area contributed by atoms with Gasteiger partial charge in [0.15, 0.2) is 0 Å². The SMILES string of the molecule is O=C1Nc2ccsc2C(c2ccccc2)N[C@H]1Cc1ccccc1. The van der Waals surface area contributed by atoms with Gasteiger partial charge in [0.25, 0.3) is 0 Å². The van der Waals surface area contributed by atoms with Gasteiger partial charge >= 0.3 is 0 Å². The molecule has 0 fully saturated rings. The van der Waals surface area contributed by atoms with Crippen LogP contribution in [-0.4, -0.2) is 11.9 Å². The average molecular weight is 334 g/mol. The molecule has 0 aliphatic carbocycles. The summed E-state index contributed by atoms with van der Waals surface area (Å²) >= 11 is 1.67. The Hall–Kier alpha value is -2.43. The number of fused-ring (bicyclic) bond motifs is 1. The van der Waals surface area contributed by atoms with Crippen LogP contribution in [0.5, 0.6) is 0 Å². The molecule has 4 heteroatoms. The van der Waals surface area contributed by atoms with Crippen LogP contribution in [0.25, 0.3) is 0 Å². The van der Waals surface area contributed by atoms with Crippen LogP contribution in [0, 0.1) is 0 Å². The molecule has 1 aliphatic rings. The smallest absolute Gasteiger partial charge is 0.241 e. The Labute approximate surface area is 145 Å². The number of amides is 1. The van der Waals surface area contributed by atoms with Crippen molar-refractivity contribution in [1.29, 1.82) is 0 Å². The Balaban J connectivity index is 1.68. The molecule has 3 aromatic rings. The maximum absolute atomic E-state index is 12.7. The minimum absolute atomic E-state index is 0.0221. The van der Waals surface area contributed by atoms with E-state index in [-0.39, 0.29) is 18.0 Å². The molecule has 1 aromatic heterocycles. The summed E-state index contributed by atoms with van der Waals surface area (Å²) in [5, 5.41) is 8.68. The van der Waals surface area contributed by atoms with Gasteiger partial charge in [0.1, 0.15) is 0 Å². The molecule has 4 rings (SSSR count). The zero-order valence-electron chi connectivity index (χ0n) is 13.1. The van der Waals surface area contributed by atoms with Crippen molar-refractivity contribution >= 4 is 22.9 Å². The van der Waals surface area contributed by atoms with Gasteiger partial charge in [-0.25, -0.2) is 0 Å². The Morgan fingerprint density at radius 2 is 1.62 bits per heavy atom. The number of nitrogens with one attached hydrogen (secondary N) is 2. The van der Waals surface area contributed by atoms with Crippen molar-refractivity contribution in [1.82, 2.24) is 5.32 Å². The number of benzene rings is 2. The maximum atomic E-state index is 12.7. The summed E-state index contributed by atoms with van der Waals surface area (Å²) in [6.07, 6.45) is 0.672. The third kappa shape index (κ3) is 2.98. The van der Waals surface area contributed by atoms with E-state index in [1.54, 1.807) is 11.3 Å². The minimum atomic E-state index is -0.266. The number of hydrogen-bond acceptors (Lipinski definition) is 3. The normalized spacial score (nSPS) is 20.1. The van der Waals surface area contributed by atoms with Gasteiger partial charge < -0.3 is 5.32 Å². The van der Waals surface area contributed by atoms with Gasteiger partial charge in [-0.1, -0.05) is 60.7 Å². The van der Waals surface area contributed by atoms with Crippen LogP contribution in [0.2, 0.25) is 0 Å². The standard InChI is InChI=1S/C20H18N2OS/c23-20-17(13-14-7-3-1-4-8-14)21-18(15-9-5-2-6-10-15)19-16(22-20)11-12-24-19/h1-12,17-18,21H,13H2,(H,22,23)/t17-,18?/m0/s1. The molecule has 0 bridgehead atoms. The Kier molecular flexibility index (Phi) is 4.15. The second-order valence-electron chi connectivity index (χ2n) is 5.94. The fourth-order valence-corrected chi connectivity index (χ4v) is 4.05. The first-order valence-corrected chi connectivity index (χ1v) is 8.92. The van der Waals surface area contributed by atoms with Gasteiger partial charge in [-0.05, 0) is 29.0 Å². The maximum Gasteiger partial charge on any atom is 0.241 e. The lowest BCUT2D eigenvalue weighted by Gasteiger charge is -2.22. The highest BCUT2D eigenvalue weighted by molar-refractivity contribution is 7.10. The van der Waals surface area contributed by atoms with Gasteiger partial charge in [0.05, 0.1) is 17.8 Å². The average Bonchev–Trinajstić information content (AvgIpc) is 3.03. The molecule has 2 aromatic carbocycles. The van der Waals surface area contributed by atoms with E-state index in [9.17, 15) is 4.79 Å². The summed E-state index contributed by atoms with van der Waals surface area (Å²) in [7, 11) is 0. The lowest BCUT2D eigenvalue weighted by Crippen LogP contribution is -2.41. The summed E-state index contributed by atoms with van der Waals surface area (Å²) in [6, 6.07) is 22.2. The molecule has 0 radical (unpaired) electrons. The fraction of sp³-hybridized carbons (Fsp3) is 0.150. The lowest BCUT2D eigenvalue weighted by atomic mass is 10.0. The molecule has 0 saturated heterocycles. The molecule has 2 N–H and O–H groups in total. The van der Waals surface area contributed by atoms with Crippen LogP contribution in [0.15, 0.2) is 72.1 Å². The third-order valence-corrected chi connectivity index (χ3v) is 5.30. The van der Waals surface area contributed by atoms with Gasteiger partial charge in [-0.15, -0.1) is 11.3 Å². The largest absolute Gasteiger partial charge is 0.324 e. The van der Waals surface area contributed by atoms with Gasteiger partial charge in [-0.3, -0.25) is 10.1 Å². The van der Waals surface area contributed by atoms with Crippen LogP contribution in [0.1, 0.15) is 22.0 Å². The van der Waals surface area contributed by atoms with Gasteiger partial charge in [0, 0.05) is 4.88 Å². The van der Waals surface area contributed by atoms with Crippen molar-refractivity contribution in [3.63, 3.8) is 0 Å². The third-order valence-electron chi connectivity index (χ3n) is 4.32. The highest BCUT2D eigenvalue weighted by Crippen LogP contribution is 2.35. The summed E-state index contributed by atoms with van der Waals surface area (Å²) in [6.45, 7) is 0. The number of carbonyl (C=O) groups is 1. The molecule has 1 unspecified atom stereocenters. The molecule has 1 amide bonds. The molecule has 24 heavy (non-hydrogen) atoms. The van der Waals surface area contributed by atoms with Crippen molar-refractivity contribution in [2.24, 2.45) is 0 Å². The van der Waals surface area contributed by atoms with Crippen molar-refractivity contribution in [3.8, 4) is 0 Å². The molecule has 2 heterocycles. The van der Waals surface area contributed by atoms with E-state index in [0.717, 1.165) is 16.1 Å². The van der Waals surface area contributed by atoms with E-state index in [0.29, 0.717) is 6.42 Å². The second-order valence-corrected chi connectivity index (χ2v) is 6.89. The predicted molar refractivity (Wildman–Crippen MR) is 98.3 cm³/mol. The quantitative estimate of drug-likeness (QED) is 0.760. The number of carbonyl (C=O) groups excluding carboxylic acids is 1. The summed E-state index contributed by atoms with van der Waals surface area (Å²) < 4.78 is 0. The zero-order valence-corrected chi connectivity index (χ0v) is 13.9. The van der Waals surface area contributed by atoms with Crippen molar-refractivity contribution in [2.45, 2.75) is 18.5 Å². The Morgan fingerprint density at radius 1 is 0.917 bits per heavy atom. The van der Waals surface area contributed by atoms with Crippen LogP contribution < -0.4 is 10.6 Å². The monoisotopic (exact) mass is 334 g/mol. The predicted octanol–water partition coefficient (Wildman–Crippen LogP) is 3.99. The Morgan fingerprint density at radius 3 is 2.38 bits per heavy atom.